The first-order valence-corrected chi connectivity index (χ1v) is 8.94. The van der Waals surface area contributed by atoms with Crippen LogP contribution in [0.5, 0.6) is 0 Å². The van der Waals surface area contributed by atoms with Crippen LogP contribution in [-0.4, -0.2) is 46.9 Å². The van der Waals surface area contributed by atoms with Crippen molar-refractivity contribution in [2.75, 3.05) is 31.2 Å². The number of carboxylic acids is 1. The van der Waals surface area contributed by atoms with Crippen molar-refractivity contribution in [1.82, 2.24) is 9.55 Å². The SMILES string of the molecule is O=C(O)C1CCC(n2c(=O)[nH]c3c(N4CCOCC4)cccc32)CC1. The van der Waals surface area contributed by atoms with Crippen molar-refractivity contribution in [2.45, 2.75) is 31.7 Å². The number of nitrogens with zero attached hydrogens (tertiary/aromatic N) is 2. The molecule has 0 bridgehead atoms. The predicted octanol–water partition coefficient (Wildman–Crippen LogP) is 1.98. The van der Waals surface area contributed by atoms with Gasteiger partial charge in [-0.15, -0.1) is 0 Å². The smallest absolute Gasteiger partial charge is 0.326 e. The summed E-state index contributed by atoms with van der Waals surface area (Å²) in [6.07, 6.45) is 2.71. The van der Waals surface area contributed by atoms with Gasteiger partial charge in [0.1, 0.15) is 0 Å². The van der Waals surface area contributed by atoms with E-state index >= 15 is 0 Å². The van der Waals surface area contributed by atoms with Crippen LogP contribution in [0.1, 0.15) is 31.7 Å². The number of aromatic nitrogens is 2. The number of anilines is 1. The van der Waals surface area contributed by atoms with Gasteiger partial charge in [-0.25, -0.2) is 4.79 Å². The Morgan fingerprint density at radius 2 is 1.88 bits per heavy atom. The normalized spacial score (nSPS) is 24.6. The maximum absolute atomic E-state index is 12.6. The molecule has 0 unspecified atom stereocenters. The van der Waals surface area contributed by atoms with Crippen molar-refractivity contribution in [3.8, 4) is 0 Å². The number of ether oxygens (including phenoxy) is 1. The van der Waals surface area contributed by atoms with Gasteiger partial charge >= 0.3 is 11.7 Å². The summed E-state index contributed by atoms with van der Waals surface area (Å²) in [5.41, 5.74) is 2.72. The summed E-state index contributed by atoms with van der Waals surface area (Å²) in [7, 11) is 0. The third-order valence-electron chi connectivity index (χ3n) is 5.49. The number of fused-ring (bicyclic) bond motifs is 1. The highest BCUT2D eigenvalue weighted by Gasteiger charge is 2.29. The van der Waals surface area contributed by atoms with Gasteiger partial charge in [0.15, 0.2) is 0 Å². The number of imidazole rings is 1. The number of carbonyl (C=O) groups is 1. The largest absolute Gasteiger partial charge is 0.481 e. The number of aromatic amines is 1. The Morgan fingerprint density at radius 1 is 1.16 bits per heavy atom. The number of carboxylic acid groups (broad SMARTS) is 1. The van der Waals surface area contributed by atoms with E-state index in [-0.39, 0.29) is 17.6 Å². The second kappa shape index (κ2) is 6.55. The lowest BCUT2D eigenvalue weighted by molar-refractivity contribution is -0.143. The van der Waals surface area contributed by atoms with Crippen LogP contribution >= 0.6 is 0 Å². The molecule has 7 heteroatoms. The van der Waals surface area contributed by atoms with Gasteiger partial charge in [0.05, 0.1) is 35.9 Å². The van der Waals surface area contributed by atoms with Crippen molar-refractivity contribution >= 4 is 22.7 Å². The number of para-hydroxylation sites is 1. The highest BCUT2D eigenvalue weighted by atomic mass is 16.5. The molecule has 2 fully saturated rings. The molecule has 0 amide bonds. The minimum absolute atomic E-state index is 0.0665. The van der Waals surface area contributed by atoms with Crippen LogP contribution in [0.15, 0.2) is 23.0 Å². The third kappa shape index (κ3) is 2.93. The van der Waals surface area contributed by atoms with Crippen molar-refractivity contribution in [3.63, 3.8) is 0 Å². The van der Waals surface area contributed by atoms with E-state index in [0.717, 1.165) is 42.7 Å². The van der Waals surface area contributed by atoms with Crippen molar-refractivity contribution in [1.29, 1.82) is 0 Å². The minimum Gasteiger partial charge on any atom is -0.481 e. The first kappa shape index (κ1) is 16.2. The summed E-state index contributed by atoms with van der Waals surface area (Å²) in [5, 5.41) is 9.17. The monoisotopic (exact) mass is 345 g/mol. The molecule has 2 aliphatic rings. The number of benzene rings is 1. The van der Waals surface area contributed by atoms with E-state index in [4.69, 9.17) is 4.74 Å². The molecular weight excluding hydrogens is 322 g/mol. The van der Waals surface area contributed by atoms with Crippen LogP contribution < -0.4 is 10.6 Å². The molecule has 1 aliphatic carbocycles. The highest BCUT2D eigenvalue weighted by Crippen LogP contribution is 2.34. The number of H-pyrrole nitrogens is 1. The van der Waals surface area contributed by atoms with E-state index in [2.05, 4.69) is 9.88 Å². The fourth-order valence-electron chi connectivity index (χ4n) is 4.14. The summed E-state index contributed by atoms with van der Waals surface area (Å²) < 4.78 is 7.25. The van der Waals surface area contributed by atoms with Crippen LogP contribution in [-0.2, 0) is 9.53 Å². The molecule has 2 aromatic rings. The Labute approximate surface area is 145 Å². The van der Waals surface area contributed by atoms with Crippen LogP contribution in [0.2, 0.25) is 0 Å². The van der Waals surface area contributed by atoms with Crippen LogP contribution in [0.25, 0.3) is 11.0 Å². The summed E-state index contributed by atoms with van der Waals surface area (Å²) in [6, 6.07) is 6.06. The molecular formula is C18H23N3O4. The molecule has 2 heterocycles. The van der Waals surface area contributed by atoms with E-state index in [1.165, 1.54) is 0 Å². The topological polar surface area (TPSA) is 87.6 Å². The van der Waals surface area contributed by atoms with Gasteiger partial charge in [-0.1, -0.05) is 6.07 Å². The van der Waals surface area contributed by atoms with Crippen LogP contribution in [0.3, 0.4) is 0 Å². The maximum atomic E-state index is 12.6. The first-order chi connectivity index (χ1) is 12.1. The Kier molecular flexibility index (Phi) is 4.25. The number of nitrogens with one attached hydrogen (secondary N) is 1. The van der Waals surface area contributed by atoms with Gasteiger partial charge in [0, 0.05) is 19.1 Å². The minimum atomic E-state index is -0.723. The average molecular weight is 345 g/mol. The molecule has 134 valence electrons. The zero-order chi connectivity index (χ0) is 17.4. The molecule has 1 saturated heterocycles. The Balaban J connectivity index is 1.68. The fourth-order valence-corrected chi connectivity index (χ4v) is 4.14. The number of hydrogen-bond acceptors (Lipinski definition) is 4. The quantitative estimate of drug-likeness (QED) is 0.888. The average Bonchev–Trinajstić information content (AvgIpc) is 2.98. The first-order valence-electron chi connectivity index (χ1n) is 8.94. The summed E-state index contributed by atoms with van der Waals surface area (Å²) >= 11 is 0. The second-order valence-electron chi connectivity index (χ2n) is 6.91. The predicted molar refractivity (Wildman–Crippen MR) is 94.2 cm³/mol. The molecule has 1 saturated carbocycles. The van der Waals surface area contributed by atoms with Crippen molar-refractivity contribution in [2.24, 2.45) is 5.92 Å². The van der Waals surface area contributed by atoms with E-state index in [1.54, 1.807) is 0 Å². The molecule has 0 spiro atoms. The number of rotatable bonds is 3. The summed E-state index contributed by atoms with van der Waals surface area (Å²) in [5.74, 6) is -1.000. The molecule has 2 N–H and O–H groups in total. The lowest BCUT2D eigenvalue weighted by Gasteiger charge is -2.29. The van der Waals surface area contributed by atoms with E-state index in [1.807, 2.05) is 22.8 Å². The number of aliphatic carboxylic acids is 1. The van der Waals surface area contributed by atoms with Gasteiger partial charge in [0.2, 0.25) is 0 Å². The lowest BCUT2D eigenvalue weighted by atomic mass is 9.86. The zero-order valence-electron chi connectivity index (χ0n) is 14.1. The molecule has 4 rings (SSSR count). The fraction of sp³-hybridized carbons (Fsp3) is 0.556. The number of hydrogen-bond donors (Lipinski definition) is 2. The van der Waals surface area contributed by atoms with Crippen molar-refractivity contribution < 1.29 is 14.6 Å². The van der Waals surface area contributed by atoms with Gasteiger partial charge in [-0.05, 0) is 37.8 Å². The Morgan fingerprint density at radius 3 is 2.56 bits per heavy atom. The van der Waals surface area contributed by atoms with Gasteiger partial charge in [0.25, 0.3) is 0 Å². The lowest BCUT2D eigenvalue weighted by Crippen LogP contribution is -2.36. The number of morpholine rings is 1. The molecule has 0 atom stereocenters. The zero-order valence-corrected chi connectivity index (χ0v) is 14.1. The van der Waals surface area contributed by atoms with E-state index in [0.29, 0.717) is 26.1 Å². The summed E-state index contributed by atoms with van der Waals surface area (Å²) in [4.78, 5) is 29.1. The van der Waals surface area contributed by atoms with E-state index < -0.39 is 5.97 Å². The Bertz CT molecular complexity index is 826. The van der Waals surface area contributed by atoms with Gasteiger partial charge in [-0.2, -0.15) is 0 Å². The third-order valence-corrected chi connectivity index (χ3v) is 5.49. The maximum Gasteiger partial charge on any atom is 0.326 e. The highest BCUT2D eigenvalue weighted by molar-refractivity contribution is 5.89. The molecule has 1 aromatic carbocycles. The second-order valence-corrected chi connectivity index (χ2v) is 6.91. The van der Waals surface area contributed by atoms with Crippen molar-refractivity contribution in [3.05, 3.63) is 28.7 Å². The van der Waals surface area contributed by atoms with Gasteiger partial charge < -0.3 is 19.7 Å². The summed E-state index contributed by atoms with van der Waals surface area (Å²) in [6.45, 7) is 3.02. The molecule has 7 nitrogen and oxygen atoms in total. The molecule has 1 aliphatic heterocycles. The standard InChI is InChI=1S/C18H23N3O4/c22-17(23)12-4-6-13(7-5-12)21-15-3-1-2-14(16(15)19-18(21)24)20-8-10-25-11-9-20/h1-3,12-13H,4-11H2,(H,19,24)(H,22,23). The van der Waals surface area contributed by atoms with Gasteiger partial charge in [-0.3, -0.25) is 9.36 Å². The molecule has 0 radical (unpaired) electrons. The van der Waals surface area contributed by atoms with E-state index in [9.17, 15) is 14.7 Å². The molecule has 1 aromatic heterocycles. The van der Waals surface area contributed by atoms with Crippen LogP contribution in [0, 0.1) is 5.92 Å². The molecule has 25 heavy (non-hydrogen) atoms. The Hall–Kier alpha value is -2.28. The van der Waals surface area contributed by atoms with Crippen LogP contribution in [0.4, 0.5) is 5.69 Å².